The molecule has 2 aromatic carbocycles. The van der Waals surface area contributed by atoms with Gasteiger partial charge in [-0.05, 0) is 36.4 Å². The molecule has 7 nitrogen and oxygen atoms in total. The molecule has 24 heavy (non-hydrogen) atoms. The van der Waals surface area contributed by atoms with E-state index in [1.807, 2.05) is 0 Å². The largest absolute Gasteiger partial charge is 0.497 e. The third kappa shape index (κ3) is 3.35. The van der Waals surface area contributed by atoms with Gasteiger partial charge in [0, 0.05) is 17.3 Å². The minimum Gasteiger partial charge on any atom is -0.497 e. The Morgan fingerprint density at radius 2 is 1.75 bits per heavy atom. The lowest BCUT2D eigenvalue weighted by Crippen LogP contribution is -2.12. The number of rotatable bonds is 5. The monoisotopic (exact) mass is 325 g/mol. The molecule has 1 aromatic heterocycles. The van der Waals surface area contributed by atoms with Crippen LogP contribution in [0.3, 0.4) is 0 Å². The Kier molecular flexibility index (Phi) is 4.42. The lowest BCUT2D eigenvalue weighted by Gasteiger charge is -2.04. The van der Waals surface area contributed by atoms with Crippen LogP contribution in [0.2, 0.25) is 0 Å². The normalized spacial score (nSPS) is 10.2. The van der Waals surface area contributed by atoms with Crippen LogP contribution in [0.5, 0.6) is 11.5 Å². The Balaban J connectivity index is 1.75. The lowest BCUT2D eigenvalue weighted by molar-refractivity contribution is 0.0991. The Morgan fingerprint density at radius 1 is 1.00 bits per heavy atom. The molecule has 7 heteroatoms. The first kappa shape index (κ1) is 15.5. The molecule has 0 saturated heterocycles. The van der Waals surface area contributed by atoms with Gasteiger partial charge in [-0.15, -0.1) is 10.2 Å². The number of methoxy groups -OCH3 is 2. The lowest BCUT2D eigenvalue weighted by atomic mass is 10.2. The maximum atomic E-state index is 12.2. The smallest absolute Gasteiger partial charge is 0.313 e. The second-order valence-electron chi connectivity index (χ2n) is 4.83. The predicted molar refractivity (Wildman–Crippen MR) is 87.2 cm³/mol. The number of benzene rings is 2. The van der Waals surface area contributed by atoms with Crippen LogP contribution in [0.4, 0.5) is 5.69 Å². The first-order valence-electron chi connectivity index (χ1n) is 7.13. The van der Waals surface area contributed by atoms with Crippen LogP contribution in [0.15, 0.2) is 52.9 Å². The molecule has 0 aliphatic heterocycles. The fourth-order valence-corrected chi connectivity index (χ4v) is 2.05. The quantitative estimate of drug-likeness (QED) is 0.776. The molecule has 0 radical (unpaired) electrons. The molecule has 3 rings (SSSR count). The molecular formula is C17H15N3O4. The molecule has 0 unspecified atom stereocenters. The van der Waals surface area contributed by atoms with Crippen molar-refractivity contribution in [3.8, 4) is 23.0 Å². The van der Waals surface area contributed by atoms with Gasteiger partial charge in [-0.1, -0.05) is 6.07 Å². The van der Waals surface area contributed by atoms with Gasteiger partial charge in [-0.3, -0.25) is 4.79 Å². The highest BCUT2D eigenvalue weighted by atomic mass is 16.5. The van der Waals surface area contributed by atoms with Crippen LogP contribution in [0.25, 0.3) is 11.5 Å². The molecular weight excluding hydrogens is 310 g/mol. The van der Waals surface area contributed by atoms with E-state index in [2.05, 4.69) is 15.5 Å². The number of carbonyl (C=O) groups is 1. The van der Waals surface area contributed by atoms with Gasteiger partial charge in [0.2, 0.25) is 5.89 Å². The maximum Gasteiger partial charge on any atom is 0.313 e. The third-order valence-corrected chi connectivity index (χ3v) is 3.28. The first-order valence-corrected chi connectivity index (χ1v) is 7.13. The number of ether oxygens (including phenoxy) is 2. The summed E-state index contributed by atoms with van der Waals surface area (Å²) in [6.45, 7) is 0. The number of nitrogens with zero attached hydrogens (tertiary/aromatic N) is 2. The van der Waals surface area contributed by atoms with E-state index in [-0.39, 0.29) is 11.8 Å². The number of nitrogens with one attached hydrogen (secondary N) is 1. The molecule has 1 amide bonds. The van der Waals surface area contributed by atoms with Gasteiger partial charge in [0.1, 0.15) is 11.5 Å². The molecule has 0 spiro atoms. The number of carbonyl (C=O) groups excluding carboxylic acids is 1. The Hall–Kier alpha value is -3.35. The van der Waals surface area contributed by atoms with Crippen molar-refractivity contribution < 1.29 is 18.7 Å². The van der Waals surface area contributed by atoms with E-state index >= 15 is 0 Å². The second kappa shape index (κ2) is 6.82. The molecule has 0 aliphatic rings. The van der Waals surface area contributed by atoms with Crippen molar-refractivity contribution in [3.63, 3.8) is 0 Å². The standard InChI is InChI=1S/C17H15N3O4/c1-22-13-8-6-11(7-9-13)16-19-20-17(24-16)15(21)18-12-4-3-5-14(10-12)23-2/h3-10H,1-2H3,(H,18,21). The minimum absolute atomic E-state index is 0.122. The number of amides is 1. The Labute approximate surface area is 138 Å². The fraction of sp³-hybridized carbons (Fsp3) is 0.118. The summed E-state index contributed by atoms with van der Waals surface area (Å²) >= 11 is 0. The molecule has 0 bridgehead atoms. The summed E-state index contributed by atoms with van der Waals surface area (Å²) in [6.07, 6.45) is 0. The predicted octanol–water partition coefficient (Wildman–Crippen LogP) is 3.01. The minimum atomic E-state index is -0.490. The average Bonchev–Trinajstić information content (AvgIpc) is 3.12. The zero-order valence-electron chi connectivity index (χ0n) is 13.1. The summed E-state index contributed by atoms with van der Waals surface area (Å²) in [4.78, 5) is 12.2. The summed E-state index contributed by atoms with van der Waals surface area (Å²) < 4.78 is 15.6. The van der Waals surface area contributed by atoms with E-state index in [1.165, 1.54) is 0 Å². The van der Waals surface area contributed by atoms with Gasteiger partial charge in [0.05, 0.1) is 14.2 Å². The van der Waals surface area contributed by atoms with Crippen molar-refractivity contribution in [1.82, 2.24) is 10.2 Å². The van der Waals surface area contributed by atoms with Crippen LogP contribution in [0, 0.1) is 0 Å². The molecule has 1 N–H and O–H groups in total. The van der Waals surface area contributed by atoms with Crippen LogP contribution in [-0.4, -0.2) is 30.3 Å². The summed E-state index contributed by atoms with van der Waals surface area (Å²) in [5, 5.41) is 10.4. The van der Waals surface area contributed by atoms with Gasteiger partial charge in [0.25, 0.3) is 0 Å². The van der Waals surface area contributed by atoms with Crippen LogP contribution in [-0.2, 0) is 0 Å². The molecule has 0 saturated carbocycles. The van der Waals surface area contributed by atoms with E-state index in [0.29, 0.717) is 22.7 Å². The highest BCUT2D eigenvalue weighted by molar-refractivity contribution is 6.01. The summed E-state index contributed by atoms with van der Waals surface area (Å²) in [6, 6.07) is 14.1. The van der Waals surface area contributed by atoms with Gasteiger partial charge in [-0.2, -0.15) is 0 Å². The number of hydrogen-bond donors (Lipinski definition) is 1. The first-order chi connectivity index (χ1) is 11.7. The molecule has 0 fully saturated rings. The zero-order valence-corrected chi connectivity index (χ0v) is 13.1. The summed E-state index contributed by atoms with van der Waals surface area (Å²) in [5.41, 5.74) is 1.27. The van der Waals surface area contributed by atoms with Crippen LogP contribution < -0.4 is 14.8 Å². The van der Waals surface area contributed by atoms with Crippen molar-refractivity contribution in [3.05, 3.63) is 54.4 Å². The topological polar surface area (TPSA) is 86.5 Å². The van der Waals surface area contributed by atoms with Gasteiger partial charge in [0.15, 0.2) is 0 Å². The van der Waals surface area contributed by atoms with Crippen molar-refractivity contribution in [2.75, 3.05) is 19.5 Å². The molecule has 0 atom stereocenters. The van der Waals surface area contributed by atoms with E-state index in [4.69, 9.17) is 13.9 Å². The number of anilines is 1. The molecule has 0 aliphatic carbocycles. The second-order valence-corrected chi connectivity index (χ2v) is 4.83. The number of aromatic nitrogens is 2. The van der Waals surface area contributed by atoms with Crippen molar-refractivity contribution in [2.45, 2.75) is 0 Å². The fourth-order valence-electron chi connectivity index (χ4n) is 2.05. The van der Waals surface area contributed by atoms with Crippen molar-refractivity contribution >= 4 is 11.6 Å². The average molecular weight is 325 g/mol. The van der Waals surface area contributed by atoms with E-state index < -0.39 is 5.91 Å². The molecule has 3 aromatic rings. The zero-order chi connectivity index (χ0) is 16.9. The summed E-state index contributed by atoms with van der Waals surface area (Å²) in [5.74, 6) is 0.999. The van der Waals surface area contributed by atoms with Gasteiger partial charge >= 0.3 is 11.8 Å². The SMILES string of the molecule is COc1ccc(-c2nnc(C(=O)Nc3cccc(OC)c3)o2)cc1. The van der Waals surface area contributed by atoms with Gasteiger partial charge < -0.3 is 19.2 Å². The number of hydrogen-bond acceptors (Lipinski definition) is 6. The van der Waals surface area contributed by atoms with Crippen molar-refractivity contribution in [2.24, 2.45) is 0 Å². The third-order valence-electron chi connectivity index (χ3n) is 3.28. The Bertz CT molecular complexity index is 843. The highest BCUT2D eigenvalue weighted by Gasteiger charge is 2.16. The molecule has 122 valence electrons. The van der Waals surface area contributed by atoms with E-state index in [0.717, 1.165) is 0 Å². The Morgan fingerprint density at radius 3 is 2.46 bits per heavy atom. The van der Waals surface area contributed by atoms with E-state index in [1.54, 1.807) is 62.8 Å². The molecule has 1 heterocycles. The summed E-state index contributed by atoms with van der Waals surface area (Å²) in [7, 11) is 3.14. The highest BCUT2D eigenvalue weighted by Crippen LogP contribution is 2.22. The van der Waals surface area contributed by atoms with E-state index in [9.17, 15) is 4.79 Å². The van der Waals surface area contributed by atoms with Crippen molar-refractivity contribution in [1.29, 1.82) is 0 Å². The van der Waals surface area contributed by atoms with Gasteiger partial charge in [-0.25, -0.2) is 0 Å². The van der Waals surface area contributed by atoms with Crippen LogP contribution >= 0.6 is 0 Å². The maximum absolute atomic E-state index is 12.2. The van der Waals surface area contributed by atoms with Crippen LogP contribution in [0.1, 0.15) is 10.7 Å².